The van der Waals surface area contributed by atoms with Gasteiger partial charge in [-0.1, -0.05) is 141 Å². The monoisotopic (exact) mass is 644 g/mol. The van der Waals surface area contributed by atoms with Gasteiger partial charge in [0.15, 0.2) is 5.82 Å². The van der Waals surface area contributed by atoms with Crippen molar-refractivity contribution in [3.8, 4) is 61.8 Å². The van der Waals surface area contributed by atoms with Crippen molar-refractivity contribution in [2.45, 2.75) is 26.4 Å². The molecule has 0 saturated carbocycles. The lowest BCUT2D eigenvalue weighted by Gasteiger charge is -2.16. The van der Waals surface area contributed by atoms with Crippen LogP contribution in [0.15, 0.2) is 158 Å². The number of para-hydroxylation sites is 1. The van der Waals surface area contributed by atoms with Gasteiger partial charge in [0, 0.05) is 22.9 Å². The SMILES string of the molecule is CC(C)C1Cc2cc(-c3cccc(-c4ccc5ccccc5c4-c4cccc(-c5nc(-c6ccccc6)nc6ccccc56)c4)c3)ccc2O1. The highest BCUT2D eigenvalue weighted by Crippen LogP contribution is 2.42. The zero-order valence-corrected chi connectivity index (χ0v) is 28.2. The molecule has 1 aliphatic heterocycles. The van der Waals surface area contributed by atoms with Gasteiger partial charge in [-0.3, -0.25) is 0 Å². The average molecular weight is 645 g/mol. The molecule has 7 aromatic carbocycles. The summed E-state index contributed by atoms with van der Waals surface area (Å²) in [7, 11) is 0. The maximum Gasteiger partial charge on any atom is 0.160 e. The molecule has 0 bridgehead atoms. The quantitative estimate of drug-likeness (QED) is 0.181. The van der Waals surface area contributed by atoms with Crippen LogP contribution in [0.1, 0.15) is 19.4 Å². The zero-order valence-electron chi connectivity index (χ0n) is 28.2. The Morgan fingerprint density at radius 2 is 1.22 bits per heavy atom. The molecule has 1 atom stereocenters. The van der Waals surface area contributed by atoms with E-state index in [9.17, 15) is 0 Å². The number of hydrogen-bond donors (Lipinski definition) is 0. The van der Waals surface area contributed by atoms with Crippen LogP contribution in [0.4, 0.5) is 0 Å². The first kappa shape index (κ1) is 30.0. The summed E-state index contributed by atoms with van der Waals surface area (Å²) in [6, 6.07) is 56.2. The molecule has 240 valence electrons. The summed E-state index contributed by atoms with van der Waals surface area (Å²) in [5.74, 6) is 2.23. The van der Waals surface area contributed by atoms with E-state index in [-0.39, 0.29) is 6.10 Å². The Morgan fingerprint density at radius 1 is 0.540 bits per heavy atom. The molecule has 0 aliphatic carbocycles. The van der Waals surface area contributed by atoms with Gasteiger partial charge in [-0.2, -0.15) is 0 Å². The average Bonchev–Trinajstić information content (AvgIpc) is 3.62. The molecule has 2 heterocycles. The minimum Gasteiger partial charge on any atom is -0.490 e. The number of hydrogen-bond acceptors (Lipinski definition) is 3. The summed E-state index contributed by atoms with van der Waals surface area (Å²) in [4.78, 5) is 10.1. The molecule has 0 fully saturated rings. The van der Waals surface area contributed by atoms with Gasteiger partial charge in [-0.05, 0) is 86.0 Å². The number of fused-ring (bicyclic) bond motifs is 3. The zero-order chi connectivity index (χ0) is 33.6. The van der Waals surface area contributed by atoms with Gasteiger partial charge in [0.1, 0.15) is 11.9 Å². The normalized spacial score (nSPS) is 13.9. The molecule has 1 aliphatic rings. The summed E-state index contributed by atoms with van der Waals surface area (Å²) in [5.41, 5.74) is 12.4. The highest BCUT2D eigenvalue weighted by molar-refractivity contribution is 6.05. The molecule has 0 saturated heterocycles. The van der Waals surface area contributed by atoms with E-state index in [1.54, 1.807) is 0 Å². The summed E-state index contributed by atoms with van der Waals surface area (Å²) in [6.07, 6.45) is 1.20. The van der Waals surface area contributed by atoms with E-state index in [4.69, 9.17) is 14.7 Å². The van der Waals surface area contributed by atoms with Crippen molar-refractivity contribution in [2.75, 3.05) is 0 Å². The molecule has 1 aromatic heterocycles. The number of ether oxygens (including phenoxy) is 1. The summed E-state index contributed by atoms with van der Waals surface area (Å²) >= 11 is 0. The first-order valence-electron chi connectivity index (χ1n) is 17.4. The van der Waals surface area contributed by atoms with Crippen LogP contribution in [-0.4, -0.2) is 16.1 Å². The van der Waals surface area contributed by atoms with E-state index >= 15 is 0 Å². The van der Waals surface area contributed by atoms with Crippen LogP contribution in [-0.2, 0) is 6.42 Å². The van der Waals surface area contributed by atoms with Gasteiger partial charge < -0.3 is 4.74 Å². The lowest BCUT2D eigenvalue weighted by atomic mass is 9.88. The van der Waals surface area contributed by atoms with Crippen molar-refractivity contribution in [3.05, 3.63) is 163 Å². The van der Waals surface area contributed by atoms with Crippen molar-refractivity contribution in [1.29, 1.82) is 0 Å². The van der Waals surface area contributed by atoms with Crippen molar-refractivity contribution >= 4 is 21.7 Å². The minimum absolute atomic E-state index is 0.243. The fourth-order valence-electron chi connectivity index (χ4n) is 7.35. The maximum atomic E-state index is 6.24. The van der Waals surface area contributed by atoms with Crippen LogP contribution in [0.25, 0.3) is 77.7 Å². The maximum absolute atomic E-state index is 6.24. The van der Waals surface area contributed by atoms with Gasteiger partial charge >= 0.3 is 0 Å². The van der Waals surface area contributed by atoms with Gasteiger partial charge in [0.25, 0.3) is 0 Å². The molecule has 0 spiro atoms. The largest absolute Gasteiger partial charge is 0.490 e. The number of benzene rings is 7. The third-order valence-electron chi connectivity index (χ3n) is 10.00. The van der Waals surface area contributed by atoms with Crippen LogP contribution in [0, 0.1) is 5.92 Å². The molecule has 1 unspecified atom stereocenters. The van der Waals surface area contributed by atoms with Gasteiger partial charge in [-0.25, -0.2) is 9.97 Å². The van der Waals surface area contributed by atoms with E-state index in [0.29, 0.717) is 5.92 Å². The fraction of sp³-hybridized carbons (Fsp3) is 0.106. The summed E-state index contributed by atoms with van der Waals surface area (Å²) in [5, 5.41) is 3.47. The molecule has 8 aromatic rings. The second kappa shape index (κ2) is 12.4. The highest BCUT2D eigenvalue weighted by Gasteiger charge is 2.26. The van der Waals surface area contributed by atoms with Gasteiger partial charge in [0.05, 0.1) is 11.2 Å². The summed E-state index contributed by atoms with van der Waals surface area (Å²) < 4.78 is 6.24. The van der Waals surface area contributed by atoms with E-state index < -0.39 is 0 Å². The van der Waals surface area contributed by atoms with E-state index in [0.717, 1.165) is 51.3 Å². The second-order valence-corrected chi connectivity index (χ2v) is 13.6. The number of rotatable bonds is 6. The molecular weight excluding hydrogens is 609 g/mol. The molecular formula is C47H36N2O. The molecule has 0 amide bonds. The van der Waals surface area contributed by atoms with E-state index in [1.807, 2.05) is 24.3 Å². The summed E-state index contributed by atoms with van der Waals surface area (Å²) in [6.45, 7) is 4.46. The fourth-order valence-corrected chi connectivity index (χ4v) is 7.35. The lowest BCUT2D eigenvalue weighted by molar-refractivity contribution is 0.179. The van der Waals surface area contributed by atoms with Crippen molar-refractivity contribution < 1.29 is 4.74 Å². The minimum atomic E-state index is 0.243. The highest BCUT2D eigenvalue weighted by atomic mass is 16.5. The molecule has 9 rings (SSSR count). The molecule has 50 heavy (non-hydrogen) atoms. The van der Waals surface area contributed by atoms with Crippen molar-refractivity contribution in [3.63, 3.8) is 0 Å². The molecule has 3 heteroatoms. The van der Waals surface area contributed by atoms with Crippen LogP contribution in [0.5, 0.6) is 5.75 Å². The van der Waals surface area contributed by atoms with Gasteiger partial charge in [-0.15, -0.1) is 0 Å². The Morgan fingerprint density at radius 3 is 2.08 bits per heavy atom. The Hall–Kier alpha value is -6.06. The molecule has 3 nitrogen and oxygen atoms in total. The second-order valence-electron chi connectivity index (χ2n) is 13.6. The van der Waals surface area contributed by atoms with Crippen LogP contribution in [0.2, 0.25) is 0 Å². The smallest absolute Gasteiger partial charge is 0.160 e. The number of aromatic nitrogens is 2. The topological polar surface area (TPSA) is 35.0 Å². The van der Waals surface area contributed by atoms with Crippen LogP contribution >= 0.6 is 0 Å². The Kier molecular flexibility index (Phi) is 7.47. The predicted molar refractivity (Wildman–Crippen MR) is 207 cm³/mol. The molecule has 0 N–H and O–H groups in total. The Balaban J connectivity index is 1.18. The molecule has 0 radical (unpaired) electrons. The third-order valence-corrected chi connectivity index (χ3v) is 10.00. The Bertz CT molecular complexity index is 2540. The predicted octanol–water partition coefficient (Wildman–Crippen LogP) is 12.1. The standard InChI is InChI=1S/C47H36N2O/c1-30(2)44-29-38-27-34(23-25-43(38)50-44)33-15-10-16-35(26-33)40-24-22-31-12-6-7-19-39(31)45(40)36-17-11-18-37(28-36)46-41-20-8-9-21-42(41)48-47(49-46)32-13-4-3-5-14-32/h3-28,30,44H,29H2,1-2H3. The van der Waals surface area contributed by atoms with Crippen LogP contribution in [0.3, 0.4) is 0 Å². The van der Waals surface area contributed by atoms with Crippen molar-refractivity contribution in [1.82, 2.24) is 9.97 Å². The first-order valence-corrected chi connectivity index (χ1v) is 17.4. The van der Waals surface area contributed by atoms with E-state index in [2.05, 4.69) is 147 Å². The van der Waals surface area contributed by atoms with Crippen molar-refractivity contribution in [2.24, 2.45) is 5.92 Å². The van der Waals surface area contributed by atoms with Crippen LogP contribution < -0.4 is 4.74 Å². The Labute approximate surface area is 292 Å². The van der Waals surface area contributed by atoms with E-state index in [1.165, 1.54) is 44.2 Å². The first-order chi connectivity index (χ1) is 24.6. The number of nitrogens with zero attached hydrogens (tertiary/aromatic N) is 2. The third kappa shape index (κ3) is 5.41. The lowest BCUT2D eigenvalue weighted by Crippen LogP contribution is -2.19. The van der Waals surface area contributed by atoms with Gasteiger partial charge in [0.2, 0.25) is 0 Å².